The summed E-state index contributed by atoms with van der Waals surface area (Å²) in [4.78, 5) is 0. The Kier molecular flexibility index (Phi) is 256000. The Bertz CT molecular complexity index is 4.35. The van der Waals surface area contributed by atoms with E-state index in [1.54, 1.807) is 0 Å². The fraction of sp³-hybridized carbons (Fsp3) is 0. The van der Waals surface area contributed by atoms with Gasteiger partial charge in [-0.25, -0.2) is 0 Å². The van der Waals surface area contributed by atoms with Crippen molar-refractivity contribution in [3.05, 3.63) is 0 Å². The minimum absolute atomic E-state index is 0. The van der Waals surface area contributed by atoms with E-state index in [1.807, 2.05) is 0 Å². The van der Waals surface area contributed by atoms with E-state index in [0.717, 1.165) is 0 Å². The highest BCUT2D eigenvalue weighted by atomic mass is 19.0. The maximum absolute atomic E-state index is 0. The number of hydrogen-bond donors (Lipinski definition) is 0. The van der Waals surface area contributed by atoms with Gasteiger partial charge in [0.2, 0.25) is 0 Å². The highest BCUT2D eigenvalue weighted by molar-refractivity contribution is 5.75. The molecule has 0 bridgehead atoms. The zero-order valence-electron chi connectivity index (χ0n) is 2.86. The van der Waals surface area contributed by atoms with E-state index in [2.05, 4.69) is 0 Å². The molecular formula is H10BF7. The Morgan fingerprint density at radius 3 is 0.250 bits per heavy atom. The van der Waals surface area contributed by atoms with Crippen LogP contribution in [0.15, 0.2) is 0 Å². The molecule has 0 unspecified atom stereocenters. The third-order valence-corrected chi connectivity index (χ3v) is 0. The second kappa shape index (κ2) is 1130. The molecule has 0 rings (SSSR count). The van der Waals surface area contributed by atoms with Crippen molar-refractivity contribution < 1.29 is 32.9 Å². The fourth-order valence-electron chi connectivity index (χ4n) is 0. The summed E-state index contributed by atoms with van der Waals surface area (Å²) in [7, 11) is 0. The van der Waals surface area contributed by atoms with Crippen LogP contribution in [0.1, 0.15) is 0 Å². The quantitative estimate of drug-likeness (QED) is 0.337. The molecule has 0 saturated carbocycles. The third-order valence-electron chi connectivity index (χ3n) is 0. The van der Waals surface area contributed by atoms with Crippen molar-refractivity contribution in [2.24, 2.45) is 0 Å². The molecule has 0 radical (unpaired) electrons. The van der Waals surface area contributed by atoms with Gasteiger partial charge in [-0.2, -0.15) is 0 Å². The molecule has 0 heterocycles. The van der Waals surface area contributed by atoms with Crippen LogP contribution >= 0.6 is 0 Å². The fourth-order valence-corrected chi connectivity index (χ4v) is 0. The van der Waals surface area contributed by atoms with Crippen LogP contribution in [0.5, 0.6) is 0 Å². The molecule has 0 aliphatic carbocycles. The summed E-state index contributed by atoms with van der Waals surface area (Å²) in [6, 6.07) is 0. The summed E-state index contributed by atoms with van der Waals surface area (Å²) in [6.07, 6.45) is 0. The minimum Gasteiger partial charge on any atom is -0.269 e. The van der Waals surface area contributed by atoms with E-state index in [9.17, 15) is 0 Å². The summed E-state index contributed by atoms with van der Waals surface area (Å²) in [5, 5.41) is 0. The maximum atomic E-state index is 0. The van der Waals surface area contributed by atoms with Crippen LogP contribution in [-0.2, 0) is 0 Å². The van der Waals surface area contributed by atoms with Gasteiger partial charge in [0.1, 0.15) is 0 Å². The SMILES string of the molecule is B.F.F.F.F.F.F.F. The molecule has 0 aliphatic heterocycles. The maximum Gasteiger partial charge on any atom is 0.0814 e. The van der Waals surface area contributed by atoms with Gasteiger partial charge in [0.25, 0.3) is 0 Å². The first-order valence-electron chi connectivity index (χ1n) is 0. The van der Waals surface area contributed by atoms with Gasteiger partial charge in [-0.15, -0.1) is 0 Å². The van der Waals surface area contributed by atoms with E-state index in [4.69, 9.17) is 0 Å². The van der Waals surface area contributed by atoms with Crippen LogP contribution in [0, 0.1) is 0 Å². The molecule has 0 amide bonds. The van der Waals surface area contributed by atoms with Crippen LogP contribution < -0.4 is 0 Å². The molecular weight excluding hydrogens is 144 g/mol. The van der Waals surface area contributed by atoms with Gasteiger partial charge in [0.15, 0.2) is 0 Å². The summed E-state index contributed by atoms with van der Waals surface area (Å²) >= 11 is 0. The molecule has 0 saturated heterocycles. The molecule has 8 heteroatoms. The normalized spacial score (nSPS) is 0. The summed E-state index contributed by atoms with van der Waals surface area (Å²) in [6.45, 7) is 0. The van der Waals surface area contributed by atoms with Crippen molar-refractivity contribution in [1.82, 2.24) is 0 Å². The smallest absolute Gasteiger partial charge is 0.0814 e. The molecule has 0 aromatic heterocycles. The zero-order chi connectivity index (χ0) is 0. The first-order valence-corrected chi connectivity index (χ1v) is 0. The van der Waals surface area contributed by atoms with Crippen LogP contribution in [0.25, 0.3) is 0 Å². The van der Waals surface area contributed by atoms with Crippen molar-refractivity contribution in [2.45, 2.75) is 0 Å². The number of hydrogen-bond acceptors (Lipinski definition) is 0. The van der Waals surface area contributed by atoms with E-state index >= 15 is 0 Å². The van der Waals surface area contributed by atoms with Crippen LogP contribution in [0.2, 0.25) is 0 Å². The Hall–Kier alpha value is -0.425. The van der Waals surface area contributed by atoms with Crippen molar-refractivity contribution >= 4 is 8.41 Å². The second-order valence-electron chi connectivity index (χ2n) is 0. The van der Waals surface area contributed by atoms with Gasteiger partial charge in [0, 0.05) is 0 Å². The topological polar surface area (TPSA) is 0 Å². The molecule has 0 nitrogen and oxygen atoms in total. The molecule has 0 N–H and O–H groups in total. The third kappa shape index (κ3) is 646. The molecule has 0 fully saturated rings. The lowest BCUT2D eigenvalue weighted by Crippen LogP contribution is -0.381. The highest BCUT2D eigenvalue weighted by Gasteiger charge is 0.0814. The molecule has 0 atom stereocenters. The Morgan fingerprint density at radius 2 is 0.250 bits per heavy atom. The first-order chi connectivity index (χ1) is 0. The van der Waals surface area contributed by atoms with Gasteiger partial charge in [-0.1, -0.05) is 0 Å². The van der Waals surface area contributed by atoms with Gasteiger partial charge in [-0.05, 0) is 0 Å². The Balaban J connectivity index is 0. The average molecular weight is 154 g/mol. The van der Waals surface area contributed by atoms with E-state index in [0.29, 0.717) is 0 Å². The van der Waals surface area contributed by atoms with Crippen molar-refractivity contribution in [1.29, 1.82) is 0 Å². The molecule has 62 valence electrons. The second-order valence-corrected chi connectivity index (χ2v) is 0. The van der Waals surface area contributed by atoms with Crippen LogP contribution in [0.4, 0.5) is 32.9 Å². The van der Waals surface area contributed by atoms with E-state index in [1.165, 1.54) is 0 Å². The van der Waals surface area contributed by atoms with Gasteiger partial charge in [0.05, 0.1) is 8.41 Å². The van der Waals surface area contributed by atoms with Gasteiger partial charge >= 0.3 is 0 Å². The summed E-state index contributed by atoms with van der Waals surface area (Å²) in [5.41, 5.74) is 0. The number of halogens is 7. The summed E-state index contributed by atoms with van der Waals surface area (Å²) < 4.78 is 0. The molecule has 0 aromatic rings. The molecule has 8 heavy (non-hydrogen) atoms. The predicted octanol–water partition coefficient (Wildman–Crippen LogP) is -0.116. The van der Waals surface area contributed by atoms with E-state index < -0.39 is 0 Å². The number of rotatable bonds is 0. The van der Waals surface area contributed by atoms with Crippen LogP contribution in [-0.4, -0.2) is 8.41 Å². The lowest BCUT2D eigenvalue weighted by Gasteiger charge is -0.270. The van der Waals surface area contributed by atoms with E-state index in [-0.39, 0.29) is 41.3 Å². The molecule has 0 aromatic carbocycles. The Morgan fingerprint density at radius 1 is 0.250 bits per heavy atom. The van der Waals surface area contributed by atoms with Crippen molar-refractivity contribution in [3.63, 3.8) is 0 Å². The standard InChI is InChI=1S/BH3.7FH/h1H3;7*1H. The van der Waals surface area contributed by atoms with Gasteiger partial charge < -0.3 is 0 Å². The lowest BCUT2D eigenvalue weighted by molar-refractivity contribution is 1.11. The highest BCUT2D eigenvalue weighted by Crippen LogP contribution is 0.426. The summed E-state index contributed by atoms with van der Waals surface area (Å²) in [5.74, 6) is 0. The van der Waals surface area contributed by atoms with Gasteiger partial charge in [-0.3, -0.25) is 32.9 Å². The predicted molar refractivity (Wildman–Crippen MR) is 27.5 cm³/mol. The molecule has 0 aliphatic rings. The monoisotopic (exact) mass is 154 g/mol. The lowest BCUT2D eigenvalue weighted by atomic mass is 10.8. The molecule has 0 spiro atoms. The largest absolute Gasteiger partial charge is 0.269 e. The van der Waals surface area contributed by atoms with Crippen molar-refractivity contribution in [2.75, 3.05) is 0 Å². The zero-order valence-corrected chi connectivity index (χ0v) is 2.86. The van der Waals surface area contributed by atoms with Crippen LogP contribution in [0.3, 0.4) is 0 Å². The van der Waals surface area contributed by atoms with Crippen molar-refractivity contribution in [3.8, 4) is 0 Å². The Labute approximate surface area is 42.8 Å². The first kappa shape index (κ1) is 1810. The average Bonchev–Trinajstić information content (AvgIpc) is 0. The minimum atomic E-state index is 0.